The quantitative estimate of drug-likeness (QED) is 0.889. The van der Waals surface area contributed by atoms with Crippen LogP contribution in [-0.2, 0) is 11.3 Å². The van der Waals surface area contributed by atoms with Crippen LogP contribution in [-0.4, -0.2) is 33.3 Å². The Bertz CT molecular complexity index is 608. The van der Waals surface area contributed by atoms with Crippen LogP contribution in [0.3, 0.4) is 0 Å². The van der Waals surface area contributed by atoms with E-state index in [1.54, 1.807) is 12.7 Å². The lowest BCUT2D eigenvalue weighted by atomic mass is 10.2. The molecule has 116 valence electrons. The number of aromatic nitrogens is 3. The van der Waals surface area contributed by atoms with Crippen molar-refractivity contribution in [2.24, 2.45) is 0 Å². The minimum absolute atomic E-state index is 0.224. The van der Waals surface area contributed by atoms with Crippen LogP contribution < -0.4 is 10.2 Å². The van der Waals surface area contributed by atoms with Gasteiger partial charge in [-0.25, -0.2) is 4.98 Å². The summed E-state index contributed by atoms with van der Waals surface area (Å²) in [5.41, 5.74) is 2.06. The molecule has 6 nitrogen and oxygen atoms in total. The fraction of sp³-hybridized carbons (Fsp3) is 0.438. The molecule has 0 bridgehead atoms. The van der Waals surface area contributed by atoms with Crippen molar-refractivity contribution in [1.82, 2.24) is 14.8 Å². The molecule has 1 fully saturated rings. The standard InChI is InChI=1S/C16H21N5O/c1-13(8-10-20-12-17-11-18-20)19-14-4-6-15(7-5-14)21-9-2-3-16(21)22/h4-7,11-13,19H,2-3,8-10H2,1H3. The Kier molecular flexibility index (Phi) is 4.37. The van der Waals surface area contributed by atoms with Crippen molar-refractivity contribution in [3.8, 4) is 0 Å². The molecule has 6 heteroatoms. The number of carbonyl (C=O) groups excluding carboxylic acids is 1. The van der Waals surface area contributed by atoms with Gasteiger partial charge in [-0.2, -0.15) is 5.10 Å². The highest BCUT2D eigenvalue weighted by Crippen LogP contribution is 2.23. The molecular formula is C16H21N5O. The van der Waals surface area contributed by atoms with Gasteiger partial charge >= 0.3 is 0 Å². The molecule has 1 aliphatic heterocycles. The van der Waals surface area contributed by atoms with E-state index in [9.17, 15) is 4.79 Å². The molecule has 1 amide bonds. The van der Waals surface area contributed by atoms with Crippen LogP contribution in [0.4, 0.5) is 11.4 Å². The van der Waals surface area contributed by atoms with Crippen molar-refractivity contribution >= 4 is 17.3 Å². The first-order valence-electron chi connectivity index (χ1n) is 7.72. The SMILES string of the molecule is CC(CCn1cncn1)Nc1ccc(N2CCCC2=O)cc1. The van der Waals surface area contributed by atoms with E-state index in [1.807, 2.05) is 33.8 Å². The van der Waals surface area contributed by atoms with Gasteiger partial charge in [0, 0.05) is 36.9 Å². The highest BCUT2D eigenvalue weighted by atomic mass is 16.2. The molecule has 1 aromatic heterocycles. The van der Waals surface area contributed by atoms with Crippen LogP contribution in [0.5, 0.6) is 0 Å². The Morgan fingerprint density at radius 2 is 2.14 bits per heavy atom. The van der Waals surface area contributed by atoms with E-state index in [1.165, 1.54) is 0 Å². The van der Waals surface area contributed by atoms with Gasteiger partial charge in [0.2, 0.25) is 5.91 Å². The molecule has 1 atom stereocenters. The van der Waals surface area contributed by atoms with Crippen molar-refractivity contribution < 1.29 is 4.79 Å². The molecule has 2 aromatic rings. The first-order valence-corrected chi connectivity index (χ1v) is 7.72. The Labute approximate surface area is 130 Å². The van der Waals surface area contributed by atoms with E-state index in [2.05, 4.69) is 22.3 Å². The number of nitrogens with one attached hydrogen (secondary N) is 1. The molecule has 22 heavy (non-hydrogen) atoms. The topological polar surface area (TPSA) is 63.1 Å². The van der Waals surface area contributed by atoms with Crippen LogP contribution >= 0.6 is 0 Å². The van der Waals surface area contributed by atoms with Crippen LogP contribution in [0.25, 0.3) is 0 Å². The summed E-state index contributed by atoms with van der Waals surface area (Å²) in [7, 11) is 0. The number of nitrogens with zero attached hydrogens (tertiary/aromatic N) is 4. The summed E-state index contributed by atoms with van der Waals surface area (Å²) in [6, 6.07) is 8.43. The average Bonchev–Trinajstić information content (AvgIpc) is 3.17. The Morgan fingerprint density at radius 3 is 2.77 bits per heavy atom. The molecule has 0 radical (unpaired) electrons. The normalized spacial score (nSPS) is 16.0. The van der Waals surface area contributed by atoms with Gasteiger partial charge in [0.05, 0.1) is 0 Å². The third kappa shape index (κ3) is 3.44. The Morgan fingerprint density at radius 1 is 1.32 bits per heavy atom. The van der Waals surface area contributed by atoms with E-state index >= 15 is 0 Å². The predicted molar refractivity (Wildman–Crippen MR) is 85.8 cm³/mol. The number of hydrogen-bond acceptors (Lipinski definition) is 4. The monoisotopic (exact) mass is 299 g/mol. The van der Waals surface area contributed by atoms with Crippen molar-refractivity contribution in [3.63, 3.8) is 0 Å². The van der Waals surface area contributed by atoms with Gasteiger partial charge in [-0.3, -0.25) is 9.48 Å². The van der Waals surface area contributed by atoms with E-state index in [-0.39, 0.29) is 5.91 Å². The van der Waals surface area contributed by atoms with Gasteiger partial charge in [0.1, 0.15) is 12.7 Å². The van der Waals surface area contributed by atoms with Gasteiger partial charge in [-0.05, 0) is 44.0 Å². The lowest BCUT2D eigenvalue weighted by Crippen LogP contribution is -2.23. The van der Waals surface area contributed by atoms with Gasteiger partial charge in [0.15, 0.2) is 0 Å². The van der Waals surface area contributed by atoms with E-state index in [0.29, 0.717) is 12.5 Å². The van der Waals surface area contributed by atoms with E-state index in [0.717, 1.165) is 37.3 Å². The molecule has 1 aromatic carbocycles. The number of hydrogen-bond donors (Lipinski definition) is 1. The van der Waals surface area contributed by atoms with Crippen molar-refractivity contribution in [1.29, 1.82) is 0 Å². The second-order valence-electron chi connectivity index (χ2n) is 5.69. The molecule has 1 aliphatic rings. The molecule has 1 unspecified atom stereocenters. The zero-order valence-corrected chi connectivity index (χ0v) is 12.8. The Hall–Kier alpha value is -2.37. The molecule has 0 spiro atoms. The van der Waals surface area contributed by atoms with Crippen molar-refractivity contribution in [2.45, 2.75) is 38.8 Å². The molecular weight excluding hydrogens is 278 g/mol. The molecule has 0 aliphatic carbocycles. The predicted octanol–water partition coefficient (Wildman–Crippen LogP) is 2.30. The lowest BCUT2D eigenvalue weighted by Gasteiger charge is -2.18. The number of anilines is 2. The van der Waals surface area contributed by atoms with Crippen LogP contribution in [0.2, 0.25) is 0 Å². The van der Waals surface area contributed by atoms with Gasteiger partial charge < -0.3 is 10.2 Å². The highest BCUT2D eigenvalue weighted by Gasteiger charge is 2.21. The lowest BCUT2D eigenvalue weighted by molar-refractivity contribution is -0.117. The number of aryl methyl sites for hydroxylation is 1. The highest BCUT2D eigenvalue weighted by molar-refractivity contribution is 5.95. The maximum atomic E-state index is 11.7. The number of benzene rings is 1. The fourth-order valence-electron chi connectivity index (χ4n) is 2.69. The number of rotatable bonds is 6. The van der Waals surface area contributed by atoms with Gasteiger partial charge in [-0.15, -0.1) is 0 Å². The summed E-state index contributed by atoms with van der Waals surface area (Å²) < 4.78 is 1.83. The maximum absolute atomic E-state index is 11.7. The summed E-state index contributed by atoms with van der Waals surface area (Å²) in [6.45, 7) is 3.82. The number of carbonyl (C=O) groups is 1. The van der Waals surface area contributed by atoms with E-state index < -0.39 is 0 Å². The summed E-state index contributed by atoms with van der Waals surface area (Å²) >= 11 is 0. The average molecular weight is 299 g/mol. The van der Waals surface area contributed by atoms with Crippen molar-refractivity contribution in [3.05, 3.63) is 36.9 Å². The summed E-state index contributed by atoms with van der Waals surface area (Å²) in [5.74, 6) is 0.224. The molecule has 1 N–H and O–H groups in total. The van der Waals surface area contributed by atoms with Crippen LogP contribution in [0.15, 0.2) is 36.9 Å². The zero-order valence-electron chi connectivity index (χ0n) is 12.8. The van der Waals surface area contributed by atoms with E-state index in [4.69, 9.17) is 0 Å². The molecule has 1 saturated heterocycles. The first kappa shape index (κ1) is 14.6. The summed E-state index contributed by atoms with van der Waals surface area (Å²) in [4.78, 5) is 17.5. The fourth-order valence-corrected chi connectivity index (χ4v) is 2.69. The summed E-state index contributed by atoms with van der Waals surface area (Å²) in [6.07, 6.45) is 5.87. The maximum Gasteiger partial charge on any atom is 0.227 e. The van der Waals surface area contributed by atoms with Crippen LogP contribution in [0, 0.1) is 0 Å². The minimum Gasteiger partial charge on any atom is -0.383 e. The first-order chi connectivity index (χ1) is 10.7. The third-order valence-electron chi connectivity index (χ3n) is 3.92. The number of amides is 1. The van der Waals surface area contributed by atoms with Crippen LogP contribution in [0.1, 0.15) is 26.2 Å². The minimum atomic E-state index is 0.224. The van der Waals surface area contributed by atoms with Gasteiger partial charge in [0.25, 0.3) is 0 Å². The van der Waals surface area contributed by atoms with Gasteiger partial charge in [-0.1, -0.05) is 0 Å². The Balaban J connectivity index is 1.53. The largest absolute Gasteiger partial charge is 0.383 e. The second kappa shape index (κ2) is 6.60. The smallest absolute Gasteiger partial charge is 0.227 e. The molecule has 2 heterocycles. The molecule has 3 rings (SSSR count). The third-order valence-corrected chi connectivity index (χ3v) is 3.92. The molecule has 0 saturated carbocycles. The summed E-state index contributed by atoms with van der Waals surface area (Å²) in [5, 5.41) is 7.57. The zero-order chi connectivity index (χ0) is 15.4. The second-order valence-corrected chi connectivity index (χ2v) is 5.69. The van der Waals surface area contributed by atoms with Crippen molar-refractivity contribution in [2.75, 3.05) is 16.8 Å².